The molecule has 0 atom stereocenters. The van der Waals surface area contributed by atoms with Crippen LogP contribution < -0.4 is 15.4 Å². The van der Waals surface area contributed by atoms with E-state index in [1.807, 2.05) is 24.3 Å². The van der Waals surface area contributed by atoms with Crippen LogP contribution in [-0.4, -0.2) is 31.0 Å². The molecule has 1 fully saturated rings. The predicted octanol–water partition coefficient (Wildman–Crippen LogP) is 4.12. The lowest BCUT2D eigenvalue weighted by Gasteiger charge is -2.08. The molecule has 0 radical (unpaired) electrons. The van der Waals surface area contributed by atoms with Crippen molar-refractivity contribution >= 4 is 17.9 Å². The summed E-state index contributed by atoms with van der Waals surface area (Å²) in [6.07, 6.45) is 5.68. The molecule has 6 nitrogen and oxygen atoms in total. The highest BCUT2D eigenvalue weighted by Gasteiger charge is 2.23. The van der Waals surface area contributed by atoms with Crippen LogP contribution in [0.3, 0.4) is 0 Å². The van der Waals surface area contributed by atoms with Crippen molar-refractivity contribution in [3.8, 4) is 17.1 Å². The fourth-order valence-electron chi connectivity index (χ4n) is 3.19. The first-order chi connectivity index (χ1) is 16.1. The molecule has 2 aromatic carbocycles. The van der Waals surface area contributed by atoms with Crippen LogP contribution in [0.5, 0.6) is 5.75 Å². The maximum atomic E-state index is 13.8. The Bertz CT molecular complexity index is 1130. The topological polar surface area (TPSA) is 80.6 Å². The summed E-state index contributed by atoms with van der Waals surface area (Å²) < 4.78 is 24.9. The van der Waals surface area contributed by atoms with E-state index in [1.54, 1.807) is 36.4 Å². The van der Waals surface area contributed by atoms with Crippen LogP contribution in [0, 0.1) is 5.82 Å². The first-order valence-electron chi connectivity index (χ1n) is 10.9. The highest BCUT2D eigenvalue weighted by molar-refractivity contribution is 5.91. The van der Waals surface area contributed by atoms with Crippen LogP contribution in [-0.2, 0) is 16.0 Å². The molecule has 4 rings (SSSR count). The Hall–Kier alpha value is -3.87. The van der Waals surface area contributed by atoms with Gasteiger partial charge in [-0.05, 0) is 67.3 Å². The van der Waals surface area contributed by atoms with E-state index in [9.17, 15) is 14.0 Å². The van der Waals surface area contributed by atoms with E-state index in [0.717, 1.165) is 18.4 Å². The maximum Gasteiger partial charge on any atom is 0.258 e. The average molecular weight is 448 g/mol. The lowest BCUT2D eigenvalue weighted by Crippen LogP contribution is -2.30. The van der Waals surface area contributed by atoms with Gasteiger partial charge in [0.15, 0.2) is 6.61 Å². The van der Waals surface area contributed by atoms with Crippen LogP contribution >= 0.6 is 0 Å². The van der Waals surface area contributed by atoms with Gasteiger partial charge in [-0.25, -0.2) is 4.39 Å². The Balaban J connectivity index is 1.18. The first kappa shape index (κ1) is 22.3. The smallest absolute Gasteiger partial charge is 0.258 e. The average Bonchev–Trinajstić information content (AvgIpc) is 3.50. The van der Waals surface area contributed by atoms with E-state index in [4.69, 9.17) is 9.15 Å². The highest BCUT2D eigenvalue weighted by atomic mass is 19.1. The Kier molecular flexibility index (Phi) is 7.19. The SMILES string of the molecule is O=C(/C=C/c1ccc(-c2ccccc2F)o1)NCCc1ccc(OCC(=O)NC2CC2)cc1. The second kappa shape index (κ2) is 10.6. The van der Waals surface area contributed by atoms with Gasteiger partial charge in [0.1, 0.15) is 23.1 Å². The van der Waals surface area contributed by atoms with Crippen LogP contribution in [0.25, 0.3) is 17.4 Å². The highest BCUT2D eigenvalue weighted by Crippen LogP contribution is 2.25. The van der Waals surface area contributed by atoms with Crippen molar-refractivity contribution in [3.05, 3.63) is 83.9 Å². The number of nitrogens with one attached hydrogen (secondary N) is 2. The number of carbonyl (C=O) groups excluding carboxylic acids is 2. The van der Waals surface area contributed by atoms with E-state index in [2.05, 4.69) is 10.6 Å². The third-order valence-corrected chi connectivity index (χ3v) is 5.11. The summed E-state index contributed by atoms with van der Waals surface area (Å²) in [6.45, 7) is 0.474. The number of hydrogen-bond donors (Lipinski definition) is 2. The van der Waals surface area contributed by atoms with Crippen LogP contribution in [0.4, 0.5) is 4.39 Å². The fourth-order valence-corrected chi connectivity index (χ4v) is 3.19. The number of rotatable bonds is 10. The molecule has 170 valence electrons. The molecule has 0 bridgehead atoms. The molecule has 1 aliphatic carbocycles. The van der Waals surface area contributed by atoms with Gasteiger partial charge in [-0.1, -0.05) is 24.3 Å². The van der Waals surface area contributed by atoms with Gasteiger partial charge in [0.25, 0.3) is 5.91 Å². The minimum absolute atomic E-state index is 0.00961. The number of hydrogen-bond acceptors (Lipinski definition) is 4. The van der Waals surface area contributed by atoms with E-state index in [0.29, 0.717) is 41.8 Å². The molecule has 0 saturated heterocycles. The maximum absolute atomic E-state index is 13.8. The van der Waals surface area contributed by atoms with Crippen molar-refractivity contribution in [2.45, 2.75) is 25.3 Å². The summed E-state index contributed by atoms with van der Waals surface area (Å²) in [5.74, 6) is 0.786. The number of amides is 2. The molecule has 1 saturated carbocycles. The van der Waals surface area contributed by atoms with Gasteiger partial charge in [-0.15, -0.1) is 0 Å². The Morgan fingerprint density at radius 3 is 2.61 bits per heavy atom. The number of halogens is 1. The molecule has 0 aliphatic heterocycles. The van der Waals surface area contributed by atoms with Gasteiger partial charge in [-0.3, -0.25) is 9.59 Å². The number of benzene rings is 2. The number of furan rings is 1. The van der Waals surface area contributed by atoms with E-state index in [-0.39, 0.29) is 24.2 Å². The molecular weight excluding hydrogens is 423 g/mol. The van der Waals surface area contributed by atoms with Crippen molar-refractivity contribution in [3.63, 3.8) is 0 Å². The van der Waals surface area contributed by atoms with Crippen LogP contribution in [0.1, 0.15) is 24.2 Å². The molecule has 1 aliphatic rings. The molecule has 7 heteroatoms. The lowest BCUT2D eigenvalue weighted by molar-refractivity contribution is -0.123. The molecule has 1 aromatic heterocycles. The molecule has 2 N–H and O–H groups in total. The van der Waals surface area contributed by atoms with Crippen molar-refractivity contribution < 1.29 is 23.1 Å². The van der Waals surface area contributed by atoms with Gasteiger partial charge >= 0.3 is 0 Å². The van der Waals surface area contributed by atoms with E-state index < -0.39 is 0 Å². The lowest BCUT2D eigenvalue weighted by atomic mass is 10.1. The van der Waals surface area contributed by atoms with Crippen LogP contribution in [0.15, 0.2) is 71.2 Å². The molecule has 0 unspecified atom stereocenters. The third-order valence-electron chi connectivity index (χ3n) is 5.11. The van der Waals surface area contributed by atoms with Gasteiger partial charge in [0, 0.05) is 18.7 Å². The van der Waals surface area contributed by atoms with Crippen molar-refractivity contribution in [2.24, 2.45) is 0 Å². The minimum Gasteiger partial charge on any atom is -0.484 e. The summed E-state index contributed by atoms with van der Waals surface area (Å²) in [5.41, 5.74) is 1.41. The summed E-state index contributed by atoms with van der Waals surface area (Å²) in [4.78, 5) is 23.7. The van der Waals surface area contributed by atoms with Crippen molar-refractivity contribution in [1.29, 1.82) is 0 Å². The molecule has 3 aromatic rings. The second-order valence-corrected chi connectivity index (χ2v) is 7.83. The molecule has 33 heavy (non-hydrogen) atoms. The standard InChI is InChI=1S/C26H25FN2O4/c27-23-4-2-1-3-22(23)24-13-11-21(33-24)12-14-25(30)28-16-15-18-5-9-20(10-6-18)32-17-26(31)29-19-7-8-19/h1-6,9-14,19H,7-8,15-17H2,(H,28,30)(H,29,31)/b14-12+. The largest absolute Gasteiger partial charge is 0.484 e. The predicted molar refractivity (Wildman–Crippen MR) is 123 cm³/mol. The first-order valence-corrected chi connectivity index (χ1v) is 10.9. The summed E-state index contributed by atoms with van der Waals surface area (Å²) in [5, 5.41) is 5.69. The van der Waals surface area contributed by atoms with E-state index >= 15 is 0 Å². The zero-order valence-electron chi connectivity index (χ0n) is 18.1. The Morgan fingerprint density at radius 2 is 1.85 bits per heavy atom. The summed E-state index contributed by atoms with van der Waals surface area (Å²) >= 11 is 0. The Labute approximate surface area is 191 Å². The monoisotopic (exact) mass is 448 g/mol. The second-order valence-electron chi connectivity index (χ2n) is 7.83. The minimum atomic E-state index is -0.362. The number of ether oxygens (including phenoxy) is 1. The molecule has 2 amide bonds. The fraction of sp³-hybridized carbons (Fsp3) is 0.231. The quantitative estimate of drug-likeness (QED) is 0.458. The van der Waals surface area contributed by atoms with Gasteiger partial charge in [0.05, 0.1) is 5.56 Å². The third kappa shape index (κ3) is 6.80. The normalized spacial score (nSPS) is 13.1. The molecule has 0 spiro atoms. The molecular formula is C26H25FN2O4. The van der Waals surface area contributed by atoms with Gasteiger partial charge in [-0.2, -0.15) is 0 Å². The van der Waals surface area contributed by atoms with Crippen molar-refractivity contribution in [2.75, 3.05) is 13.2 Å². The zero-order chi connectivity index (χ0) is 23.0. The van der Waals surface area contributed by atoms with Gasteiger partial charge < -0.3 is 19.8 Å². The van der Waals surface area contributed by atoms with E-state index in [1.165, 1.54) is 12.1 Å². The van der Waals surface area contributed by atoms with Gasteiger partial charge in [0.2, 0.25) is 5.91 Å². The van der Waals surface area contributed by atoms with Crippen molar-refractivity contribution in [1.82, 2.24) is 10.6 Å². The summed E-state index contributed by atoms with van der Waals surface area (Å²) in [6, 6.07) is 17.5. The molecule has 1 heterocycles. The summed E-state index contributed by atoms with van der Waals surface area (Å²) in [7, 11) is 0. The van der Waals surface area contributed by atoms with Crippen LogP contribution in [0.2, 0.25) is 0 Å². The Morgan fingerprint density at radius 1 is 1.06 bits per heavy atom. The zero-order valence-corrected chi connectivity index (χ0v) is 18.1. The number of carbonyl (C=O) groups is 2.